The van der Waals surface area contributed by atoms with Crippen molar-refractivity contribution < 1.29 is 9.53 Å². The van der Waals surface area contributed by atoms with Gasteiger partial charge in [-0.2, -0.15) is 0 Å². The number of nitrogens with one attached hydrogen (secondary N) is 1. The standard InChI is InChI=1S/C23H47NO2/c1-3-4-5-6-7-8-9-10-11-12-13-14-17-20-23(25)24-21-18-15-16-19-22-26-2/h3-22H2,1-2H3,(H,24,25). The van der Waals surface area contributed by atoms with Crippen LogP contribution in [-0.2, 0) is 9.53 Å². The van der Waals surface area contributed by atoms with E-state index in [2.05, 4.69) is 12.2 Å². The lowest BCUT2D eigenvalue weighted by Crippen LogP contribution is -2.23. The van der Waals surface area contributed by atoms with E-state index < -0.39 is 0 Å². The SMILES string of the molecule is CCCCCCCCCCCCCCCC(=O)NCCCCCCOC. The molecule has 0 rings (SSSR count). The number of methoxy groups -OCH3 is 1. The number of rotatable bonds is 21. The van der Waals surface area contributed by atoms with Crippen LogP contribution in [-0.4, -0.2) is 26.2 Å². The van der Waals surface area contributed by atoms with E-state index in [1.165, 1.54) is 89.9 Å². The van der Waals surface area contributed by atoms with Gasteiger partial charge in [0.15, 0.2) is 0 Å². The summed E-state index contributed by atoms with van der Waals surface area (Å²) in [6, 6.07) is 0. The Kier molecular flexibility index (Phi) is 22.0. The van der Waals surface area contributed by atoms with Crippen LogP contribution < -0.4 is 5.32 Å². The first-order chi connectivity index (χ1) is 12.8. The lowest BCUT2D eigenvalue weighted by molar-refractivity contribution is -0.121. The molecule has 0 atom stereocenters. The van der Waals surface area contributed by atoms with E-state index in [1.54, 1.807) is 7.11 Å². The monoisotopic (exact) mass is 369 g/mol. The first-order valence-electron chi connectivity index (χ1n) is 11.6. The van der Waals surface area contributed by atoms with Crippen LogP contribution >= 0.6 is 0 Å². The molecular formula is C23H47NO2. The smallest absolute Gasteiger partial charge is 0.219 e. The molecule has 156 valence electrons. The molecule has 0 spiro atoms. The normalized spacial score (nSPS) is 11.0. The van der Waals surface area contributed by atoms with E-state index in [0.29, 0.717) is 6.42 Å². The number of hydrogen-bond donors (Lipinski definition) is 1. The van der Waals surface area contributed by atoms with Crippen molar-refractivity contribution in [1.82, 2.24) is 5.32 Å². The minimum absolute atomic E-state index is 0.241. The van der Waals surface area contributed by atoms with Gasteiger partial charge in [0.2, 0.25) is 5.91 Å². The summed E-state index contributed by atoms with van der Waals surface area (Å²) in [5.41, 5.74) is 0. The Bertz CT molecular complexity index is 281. The second-order valence-electron chi connectivity index (χ2n) is 7.75. The molecule has 0 aliphatic heterocycles. The number of carbonyl (C=O) groups excluding carboxylic acids is 1. The van der Waals surface area contributed by atoms with E-state index in [9.17, 15) is 4.79 Å². The van der Waals surface area contributed by atoms with Gasteiger partial charge in [-0.15, -0.1) is 0 Å². The van der Waals surface area contributed by atoms with Gasteiger partial charge in [0.25, 0.3) is 0 Å². The fourth-order valence-electron chi connectivity index (χ4n) is 3.34. The van der Waals surface area contributed by atoms with Gasteiger partial charge < -0.3 is 10.1 Å². The van der Waals surface area contributed by atoms with Crippen molar-refractivity contribution in [3.8, 4) is 0 Å². The van der Waals surface area contributed by atoms with Crippen molar-refractivity contribution in [1.29, 1.82) is 0 Å². The predicted molar refractivity (Wildman–Crippen MR) is 114 cm³/mol. The maximum absolute atomic E-state index is 11.7. The van der Waals surface area contributed by atoms with Crippen molar-refractivity contribution in [2.24, 2.45) is 0 Å². The molecule has 0 fully saturated rings. The highest BCUT2D eigenvalue weighted by Gasteiger charge is 2.00. The molecule has 0 radical (unpaired) electrons. The Hall–Kier alpha value is -0.570. The van der Waals surface area contributed by atoms with Gasteiger partial charge >= 0.3 is 0 Å². The average molecular weight is 370 g/mol. The summed E-state index contributed by atoms with van der Waals surface area (Å²) >= 11 is 0. The zero-order chi connectivity index (χ0) is 19.1. The third-order valence-corrected chi connectivity index (χ3v) is 5.10. The topological polar surface area (TPSA) is 38.3 Å². The van der Waals surface area contributed by atoms with Gasteiger partial charge in [0.1, 0.15) is 0 Å². The van der Waals surface area contributed by atoms with E-state index >= 15 is 0 Å². The molecule has 26 heavy (non-hydrogen) atoms. The van der Waals surface area contributed by atoms with Crippen LogP contribution in [0.1, 0.15) is 122 Å². The Labute approximate surface area is 164 Å². The fraction of sp³-hybridized carbons (Fsp3) is 0.957. The molecule has 3 heteroatoms. The Morgan fingerprint density at radius 2 is 1.12 bits per heavy atom. The van der Waals surface area contributed by atoms with Gasteiger partial charge in [-0.3, -0.25) is 4.79 Å². The second kappa shape index (κ2) is 22.5. The third kappa shape index (κ3) is 21.5. The molecule has 0 saturated heterocycles. The number of unbranched alkanes of at least 4 members (excludes halogenated alkanes) is 15. The summed E-state index contributed by atoms with van der Waals surface area (Å²) in [5.74, 6) is 0.241. The van der Waals surface area contributed by atoms with Gasteiger partial charge in [-0.1, -0.05) is 96.8 Å². The molecule has 0 aromatic rings. The van der Waals surface area contributed by atoms with Gasteiger partial charge in [-0.05, 0) is 19.3 Å². The van der Waals surface area contributed by atoms with Crippen molar-refractivity contribution in [2.75, 3.05) is 20.3 Å². The summed E-state index contributed by atoms with van der Waals surface area (Å²) in [5, 5.41) is 3.05. The van der Waals surface area contributed by atoms with Crippen LogP contribution in [0.3, 0.4) is 0 Å². The number of hydrogen-bond acceptors (Lipinski definition) is 2. The fourth-order valence-corrected chi connectivity index (χ4v) is 3.34. The van der Waals surface area contributed by atoms with Crippen LogP contribution in [0.2, 0.25) is 0 Å². The summed E-state index contributed by atoms with van der Waals surface area (Å²) in [4.78, 5) is 11.7. The molecule has 1 amide bonds. The molecular weight excluding hydrogens is 322 g/mol. The van der Waals surface area contributed by atoms with E-state index in [4.69, 9.17) is 4.74 Å². The largest absolute Gasteiger partial charge is 0.385 e. The minimum atomic E-state index is 0.241. The van der Waals surface area contributed by atoms with Gasteiger partial charge in [0, 0.05) is 26.7 Å². The van der Waals surface area contributed by atoms with E-state index in [0.717, 1.165) is 32.4 Å². The maximum Gasteiger partial charge on any atom is 0.219 e. The molecule has 0 aromatic carbocycles. The highest BCUT2D eigenvalue weighted by atomic mass is 16.5. The summed E-state index contributed by atoms with van der Waals surface area (Å²) in [6.45, 7) is 3.97. The quantitative estimate of drug-likeness (QED) is 0.226. The summed E-state index contributed by atoms with van der Waals surface area (Å²) in [6.07, 6.45) is 22.9. The van der Waals surface area contributed by atoms with Crippen LogP contribution in [0.25, 0.3) is 0 Å². The van der Waals surface area contributed by atoms with Crippen LogP contribution in [0.5, 0.6) is 0 Å². The van der Waals surface area contributed by atoms with Gasteiger partial charge in [-0.25, -0.2) is 0 Å². The molecule has 0 saturated carbocycles. The van der Waals surface area contributed by atoms with E-state index in [-0.39, 0.29) is 5.91 Å². The van der Waals surface area contributed by atoms with E-state index in [1.807, 2.05) is 0 Å². The molecule has 0 aliphatic rings. The molecule has 0 bridgehead atoms. The Morgan fingerprint density at radius 3 is 1.65 bits per heavy atom. The van der Waals surface area contributed by atoms with Gasteiger partial charge in [0.05, 0.1) is 0 Å². The number of ether oxygens (including phenoxy) is 1. The highest BCUT2D eigenvalue weighted by molar-refractivity contribution is 5.75. The molecule has 0 unspecified atom stereocenters. The third-order valence-electron chi connectivity index (χ3n) is 5.10. The van der Waals surface area contributed by atoms with Crippen molar-refractivity contribution in [3.63, 3.8) is 0 Å². The predicted octanol–water partition coefficient (Wildman–Crippen LogP) is 6.79. The zero-order valence-corrected chi connectivity index (χ0v) is 18.0. The second-order valence-corrected chi connectivity index (χ2v) is 7.75. The summed E-state index contributed by atoms with van der Waals surface area (Å²) in [7, 11) is 1.75. The zero-order valence-electron chi connectivity index (χ0n) is 18.0. The number of carbonyl (C=O) groups is 1. The maximum atomic E-state index is 11.7. The lowest BCUT2D eigenvalue weighted by Gasteiger charge is -2.06. The Morgan fingerprint density at radius 1 is 0.654 bits per heavy atom. The van der Waals surface area contributed by atoms with Crippen LogP contribution in [0.15, 0.2) is 0 Å². The molecule has 0 aromatic heterocycles. The minimum Gasteiger partial charge on any atom is -0.385 e. The molecule has 0 aliphatic carbocycles. The van der Waals surface area contributed by atoms with Crippen molar-refractivity contribution >= 4 is 5.91 Å². The molecule has 0 heterocycles. The van der Waals surface area contributed by atoms with Crippen LogP contribution in [0.4, 0.5) is 0 Å². The summed E-state index contributed by atoms with van der Waals surface area (Å²) < 4.78 is 5.03. The first kappa shape index (κ1) is 25.4. The average Bonchev–Trinajstić information content (AvgIpc) is 2.64. The van der Waals surface area contributed by atoms with Crippen molar-refractivity contribution in [3.05, 3.63) is 0 Å². The van der Waals surface area contributed by atoms with Crippen LogP contribution in [0, 0.1) is 0 Å². The Balaban J connectivity index is 3.12. The molecule has 3 nitrogen and oxygen atoms in total. The van der Waals surface area contributed by atoms with Crippen molar-refractivity contribution in [2.45, 2.75) is 122 Å². The lowest BCUT2D eigenvalue weighted by atomic mass is 10.0. The number of amides is 1. The highest BCUT2D eigenvalue weighted by Crippen LogP contribution is 2.12. The first-order valence-corrected chi connectivity index (χ1v) is 11.6. The molecule has 1 N–H and O–H groups in total.